The van der Waals surface area contributed by atoms with Crippen LogP contribution in [0, 0.1) is 0 Å². The predicted molar refractivity (Wildman–Crippen MR) is 81.7 cm³/mol. The van der Waals surface area contributed by atoms with Crippen LogP contribution in [0.4, 0.5) is 0 Å². The Balaban J connectivity index is 2.09. The summed E-state index contributed by atoms with van der Waals surface area (Å²) in [7, 11) is 1.06. The molecule has 0 aliphatic carbocycles. The van der Waals surface area contributed by atoms with Gasteiger partial charge in [-0.15, -0.1) is 0 Å². The quantitative estimate of drug-likeness (QED) is 0.151. The number of nitrogens with one attached hydrogen (secondary N) is 2. The Hall–Kier alpha value is -0.693. The van der Waals surface area contributed by atoms with Crippen molar-refractivity contribution < 1.29 is 10.2 Å². The van der Waals surface area contributed by atoms with E-state index in [1.165, 1.54) is 6.07 Å². The molecule has 0 aromatic heterocycles. The molecule has 0 fully saturated rings. The van der Waals surface area contributed by atoms with Crippen LogP contribution in [-0.4, -0.2) is 45.1 Å². The van der Waals surface area contributed by atoms with Gasteiger partial charge in [-0.3, -0.25) is 0 Å². The molecule has 1 rings (SSSR count). The topological polar surface area (TPSA) is 64.5 Å². The van der Waals surface area contributed by atoms with E-state index in [9.17, 15) is 10.2 Å². The van der Waals surface area contributed by atoms with Crippen LogP contribution in [0.1, 0.15) is 12.0 Å². The van der Waals surface area contributed by atoms with Gasteiger partial charge in [0.25, 0.3) is 0 Å². The maximum atomic E-state index is 9.34. The molecule has 0 amide bonds. The second kappa shape index (κ2) is 8.42. The van der Waals surface area contributed by atoms with Crippen LogP contribution < -0.4 is 10.6 Å². The molecule has 18 heavy (non-hydrogen) atoms. The maximum absolute atomic E-state index is 9.34. The molecule has 1 unspecified atom stereocenters. The minimum Gasteiger partial charge on any atom is -0.504 e. The highest BCUT2D eigenvalue weighted by atomic mass is 32.1. The van der Waals surface area contributed by atoms with E-state index in [4.69, 9.17) is 0 Å². The van der Waals surface area contributed by atoms with Crippen LogP contribution in [-0.2, 0) is 6.42 Å². The molecule has 4 nitrogen and oxygen atoms in total. The number of rotatable bonds is 8. The summed E-state index contributed by atoms with van der Waals surface area (Å²) in [5.41, 5.74) is 1.02. The van der Waals surface area contributed by atoms with E-state index in [-0.39, 0.29) is 11.5 Å². The number of thiol groups is 1. The number of aromatic hydroxyl groups is 2. The first-order chi connectivity index (χ1) is 8.59. The highest BCUT2D eigenvalue weighted by molar-refractivity contribution is 7.82. The van der Waals surface area contributed by atoms with Crippen molar-refractivity contribution in [1.29, 1.82) is 0 Å². The lowest BCUT2D eigenvalue weighted by Crippen LogP contribution is -2.28. The van der Waals surface area contributed by atoms with Crippen molar-refractivity contribution in [3.05, 3.63) is 23.8 Å². The Labute approximate surface area is 117 Å². The average Bonchev–Trinajstić information content (AvgIpc) is 2.32. The molecule has 0 aliphatic heterocycles. The van der Waals surface area contributed by atoms with Gasteiger partial charge in [0.2, 0.25) is 0 Å². The average molecular weight is 286 g/mol. The largest absolute Gasteiger partial charge is 0.504 e. The number of hydrogen-bond donors (Lipinski definition) is 5. The number of phenolic OH excluding ortho intramolecular Hbond substituents is 2. The minimum atomic E-state index is -0.0674. The molecule has 102 valence electrons. The normalized spacial score (nSPS) is 12.7. The van der Waals surface area contributed by atoms with Crippen LogP contribution >= 0.6 is 12.6 Å². The fourth-order valence-corrected chi connectivity index (χ4v) is 2.02. The minimum absolute atomic E-state index is 0.0522. The third-order valence-electron chi connectivity index (χ3n) is 2.60. The van der Waals surface area contributed by atoms with Crippen LogP contribution in [0.25, 0.3) is 0 Å². The number of hydrogen-bond acceptors (Lipinski definition) is 5. The first kappa shape index (κ1) is 15.4. The zero-order chi connectivity index (χ0) is 13.4. The molecule has 0 bridgehead atoms. The molecule has 0 spiro atoms. The van der Waals surface area contributed by atoms with E-state index in [1.54, 1.807) is 6.07 Å². The highest BCUT2D eigenvalue weighted by Crippen LogP contribution is 2.24. The van der Waals surface area contributed by atoms with Crippen LogP contribution in [0.5, 0.6) is 11.5 Å². The van der Waals surface area contributed by atoms with Gasteiger partial charge in [-0.1, -0.05) is 6.07 Å². The fraction of sp³-hybridized carbons (Fsp3) is 0.500. The lowest BCUT2D eigenvalue weighted by atomic mass is 10.1. The molecule has 6 heteroatoms. The Morgan fingerprint density at radius 2 is 1.94 bits per heavy atom. The first-order valence-electron chi connectivity index (χ1n) is 6.22. The molecule has 1 aromatic carbocycles. The zero-order valence-corrected chi connectivity index (χ0v) is 13.6. The van der Waals surface area contributed by atoms with E-state index in [2.05, 4.69) is 23.3 Å². The van der Waals surface area contributed by atoms with Crippen LogP contribution in [0.2, 0.25) is 0 Å². The molecule has 0 saturated carbocycles. The summed E-state index contributed by atoms with van der Waals surface area (Å²) in [6.07, 6.45) is 1.93. The lowest BCUT2D eigenvalue weighted by Gasteiger charge is -2.08. The Morgan fingerprint density at radius 3 is 2.61 bits per heavy atom. The van der Waals surface area contributed by atoms with Gasteiger partial charge in [0, 0.05) is 15.2 Å². The Kier molecular flexibility index (Phi) is 7.18. The van der Waals surface area contributed by atoms with Crippen molar-refractivity contribution in [2.24, 2.45) is 0 Å². The van der Waals surface area contributed by atoms with Crippen molar-refractivity contribution >= 4 is 22.9 Å². The monoisotopic (exact) mass is 286 g/mol. The molecule has 1 aromatic rings. The van der Waals surface area contributed by atoms with E-state index < -0.39 is 0 Å². The SMILES string of the molecule is Oc1ccc(CCNCCCNC([SiH3])S)cc1O. The van der Waals surface area contributed by atoms with Gasteiger partial charge in [-0.25, -0.2) is 0 Å². The summed E-state index contributed by atoms with van der Waals surface area (Å²) in [6.45, 7) is 2.83. The number of phenols is 2. The third-order valence-corrected chi connectivity index (χ3v) is 3.19. The summed E-state index contributed by atoms with van der Waals surface area (Å²) in [5.74, 6) is -0.120. The van der Waals surface area contributed by atoms with Crippen LogP contribution in [0.15, 0.2) is 18.2 Å². The lowest BCUT2D eigenvalue weighted by molar-refractivity contribution is 0.403. The first-order valence-corrected chi connectivity index (χ1v) is 7.89. The standard InChI is InChI=1S/C12H22N2O2SSi/c15-10-3-2-9(8-11(10)16)4-7-13-5-1-6-14-12(17)18/h2-3,8,12-17H,1,4-7H2,18H3. The smallest absolute Gasteiger partial charge is 0.157 e. The van der Waals surface area contributed by atoms with Crippen molar-refractivity contribution in [1.82, 2.24) is 10.6 Å². The van der Waals surface area contributed by atoms with Crippen molar-refractivity contribution in [2.75, 3.05) is 19.6 Å². The summed E-state index contributed by atoms with van der Waals surface area (Å²) in [4.78, 5) is 0.380. The van der Waals surface area contributed by atoms with Crippen molar-refractivity contribution in [3.63, 3.8) is 0 Å². The van der Waals surface area contributed by atoms with Gasteiger partial charge in [0.1, 0.15) is 0 Å². The molecule has 4 N–H and O–H groups in total. The second-order valence-electron chi connectivity index (χ2n) is 4.31. The predicted octanol–water partition coefficient (Wildman–Crippen LogP) is -0.212. The molecule has 0 saturated heterocycles. The van der Waals surface area contributed by atoms with Crippen LogP contribution in [0.3, 0.4) is 0 Å². The van der Waals surface area contributed by atoms with E-state index >= 15 is 0 Å². The summed E-state index contributed by atoms with van der Waals surface area (Å²) in [6, 6.07) is 4.95. The van der Waals surface area contributed by atoms with E-state index in [0.717, 1.165) is 48.3 Å². The maximum Gasteiger partial charge on any atom is 0.157 e. The molecule has 0 aliphatic rings. The Morgan fingerprint density at radius 1 is 1.17 bits per heavy atom. The van der Waals surface area contributed by atoms with Gasteiger partial charge >= 0.3 is 0 Å². The molecule has 0 heterocycles. The molecular weight excluding hydrogens is 264 g/mol. The highest BCUT2D eigenvalue weighted by Gasteiger charge is 2.00. The van der Waals surface area contributed by atoms with Gasteiger partial charge < -0.3 is 20.8 Å². The Bertz CT molecular complexity index is 364. The summed E-state index contributed by atoms with van der Waals surface area (Å²) >= 11 is 4.29. The van der Waals surface area contributed by atoms with Gasteiger partial charge in [0.05, 0.1) is 0 Å². The van der Waals surface area contributed by atoms with E-state index in [1.807, 2.05) is 6.07 Å². The summed E-state index contributed by atoms with van der Waals surface area (Å²) < 4.78 is 0. The van der Waals surface area contributed by atoms with Crippen molar-refractivity contribution in [3.8, 4) is 11.5 Å². The molecule has 1 atom stereocenters. The van der Waals surface area contributed by atoms with Crippen molar-refractivity contribution in [2.45, 2.75) is 17.8 Å². The molecule has 0 radical (unpaired) electrons. The van der Waals surface area contributed by atoms with E-state index in [0.29, 0.717) is 5.00 Å². The summed E-state index contributed by atoms with van der Waals surface area (Å²) in [5, 5.41) is 25.2. The zero-order valence-electron chi connectivity index (χ0n) is 10.7. The van der Waals surface area contributed by atoms with Gasteiger partial charge in [-0.05, 0) is 50.2 Å². The third kappa shape index (κ3) is 6.30. The second-order valence-corrected chi connectivity index (χ2v) is 7.21. The fourth-order valence-electron chi connectivity index (χ4n) is 1.61. The van der Waals surface area contributed by atoms with Gasteiger partial charge in [-0.2, -0.15) is 12.6 Å². The van der Waals surface area contributed by atoms with Gasteiger partial charge in [0.15, 0.2) is 11.5 Å². The molecular formula is C12H22N2O2SSi. The number of benzene rings is 1.